The minimum atomic E-state index is 0.578. The van der Waals surface area contributed by atoms with Gasteiger partial charge in [-0.3, -0.25) is 0 Å². The highest BCUT2D eigenvalue weighted by atomic mass is 16.3. The van der Waals surface area contributed by atoms with Crippen molar-refractivity contribution in [1.29, 1.82) is 0 Å². The van der Waals surface area contributed by atoms with Crippen molar-refractivity contribution in [3.05, 3.63) is 194 Å². The van der Waals surface area contributed by atoms with E-state index >= 15 is 0 Å². The highest BCUT2D eigenvalue weighted by molar-refractivity contribution is 6.22. The third-order valence-electron chi connectivity index (χ3n) is 11.4. The SMILES string of the molecule is c1ccc(-c2ccc(-c3nc(-c4ccccc4)nc(-c4cccc5c(-n6c7ccccc7c7cc8ccccc8cc76)cc6c7ccccc7oc6c45)n3)cc2)cc1. The van der Waals surface area contributed by atoms with Crippen LogP contribution in [0.1, 0.15) is 0 Å². The van der Waals surface area contributed by atoms with Crippen molar-refractivity contribution < 1.29 is 4.42 Å². The highest BCUT2D eigenvalue weighted by Gasteiger charge is 2.23. The Bertz CT molecular complexity index is 3550. The fourth-order valence-electron chi connectivity index (χ4n) is 8.69. The van der Waals surface area contributed by atoms with Gasteiger partial charge in [-0.15, -0.1) is 0 Å². The Morgan fingerprint density at radius 1 is 0.362 bits per heavy atom. The number of rotatable bonds is 5. The molecule has 9 aromatic carbocycles. The van der Waals surface area contributed by atoms with Gasteiger partial charge >= 0.3 is 0 Å². The zero-order valence-electron chi connectivity index (χ0n) is 31.2. The van der Waals surface area contributed by atoms with Crippen molar-refractivity contribution in [2.45, 2.75) is 0 Å². The molecule has 0 N–H and O–H groups in total. The van der Waals surface area contributed by atoms with E-state index in [1.165, 1.54) is 21.5 Å². The van der Waals surface area contributed by atoms with Gasteiger partial charge in [-0.2, -0.15) is 0 Å². The van der Waals surface area contributed by atoms with Crippen LogP contribution >= 0.6 is 0 Å². The van der Waals surface area contributed by atoms with Crippen LogP contribution in [0.3, 0.4) is 0 Å². The molecule has 5 nitrogen and oxygen atoms in total. The molecule has 3 aromatic heterocycles. The maximum atomic E-state index is 6.84. The van der Waals surface area contributed by atoms with Crippen LogP contribution in [0.2, 0.25) is 0 Å². The van der Waals surface area contributed by atoms with Gasteiger partial charge in [-0.1, -0.05) is 164 Å². The first-order valence-electron chi connectivity index (χ1n) is 19.5. The Morgan fingerprint density at radius 3 is 1.71 bits per heavy atom. The number of para-hydroxylation sites is 2. The molecule has 0 saturated heterocycles. The number of aromatic nitrogens is 4. The Hall–Kier alpha value is -7.89. The Labute approximate surface area is 333 Å². The molecule has 0 fully saturated rings. The van der Waals surface area contributed by atoms with Gasteiger partial charge in [0.05, 0.1) is 16.7 Å². The molecule has 0 radical (unpaired) electrons. The number of benzene rings is 9. The maximum absolute atomic E-state index is 6.84. The minimum Gasteiger partial charge on any atom is -0.455 e. The van der Waals surface area contributed by atoms with Gasteiger partial charge in [0.1, 0.15) is 11.2 Å². The molecule has 0 bridgehead atoms. The van der Waals surface area contributed by atoms with Crippen molar-refractivity contribution in [3.8, 4) is 51.0 Å². The van der Waals surface area contributed by atoms with Crippen molar-refractivity contribution in [2.24, 2.45) is 0 Å². The highest BCUT2D eigenvalue weighted by Crippen LogP contribution is 2.44. The van der Waals surface area contributed by atoms with E-state index in [1.807, 2.05) is 48.5 Å². The molecule has 0 amide bonds. The molecule has 0 aliphatic rings. The van der Waals surface area contributed by atoms with Crippen LogP contribution in [0.15, 0.2) is 199 Å². The van der Waals surface area contributed by atoms with Crippen molar-refractivity contribution >= 4 is 65.3 Å². The van der Waals surface area contributed by atoms with E-state index in [9.17, 15) is 0 Å². The summed E-state index contributed by atoms with van der Waals surface area (Å²) in [5.74, 6) is 1.79. The summed E-state index contributed by atoms with van der Waals surface area (Å²) in [7, 11) is 0. The van der Waals surface area contributed by atoms with Gasteiger partial charge in [-0.05, 0) is 52.2 Å². The van der Waals surface area contributed by atoms with Gasteiger partial charge in [0, 0.05) is 49.0 Å². The molecule has 12 rings (SSSR count). The zero-order valence-corrected chi connectivity index (χ0v) is 31.2. The van der Waals surface area contributed by atoms with Crippen molar-refractivity contribution in [1.82, 2.24) is 19.5 Å². The number of furan rings is 1. The molecule has 0 saturated carbocycles. The van der Waals surface area contributed by atoms with E-state index in [0.29, 0.717) is 17.5 Å². The molecule has 270 valence electrons. The smallest absolute Gasteiger partial charge is 0.164 e. The molecule has 3 heterocycles. The summed E-state index contributed by atoms with van der Waals surface area (Å²) in [6, 6.07) is 68.0. The fourth-order valence-corrected chi connectivity index (χ4v) is 8.69. The topological polar surface area (TPSA) is 56.7 Å². The molecular weight excluding hydrogens is 709 g/mol. The molecule has 0 unspecified atom stereocenters. The number of fused-ring (bicyclic) bond motifs is 9. The van der Waals surface area contributed by atoms with Crippen LogP contribution in [0.4, 0.5) is 0 Å². The predicted molar refractivity (Wildman–Crippen MR) is 238 cm³/mol. The fraction of sp³-hybridized carbons (Fsp3) is 0. The summed E-state index contributed by atoms with van der Waals surface area (Å²) >= 11 is 0. The molecule has 0 aliphatic heterocycles. The first-order chi connectivity index (χ1) is 28.7. The maximum Gasteiger partial charge on any atom is 0.164 e. The van der Waals surface area contributed by atoms with E-state index in [-0.39, 0.29) is 0 Å². The van der Waals surface area contributed by atoms with Crippen LogP contribution in [-0.4, -0.2) is 19.5 Å². The zero-order chi connectivity index (χ0) is 38.2. The minimum absolute atomic E-state index is 0.578. The number of nitrogens with zero attached hydrogens (tertiary/aromatic N) is 4. The third-order valence-corrected chi connectivity index (χ3v) is 11.4. The summed E-state index contributed by atoms with van der Waals surface area (Å²) in [4.78, 5) is 15.6. The first kappa shape index (κ1) is 32.4. The molecule has 0 atom stereocenters. The van der Waals surface area contributed by atoms with Crippen LogP contribution < -0.4 is 0 Å². The molecule has 12 aromatic rings. The normalized spacial score (nSPS) is 11.8. The summed E-state index contributed by atoms with van der Waals surface area (Å²) in [6.07, 6.45) is 0. The summed E-state index contributed by atoms with van der Waals surface area (Å²) in [6.45, 7) is 0. The Morgan fingerprint density at radius 2 is 0.931 bits per heavy atom. The van der Waals surface area contributed by atoms with Gasteiger partial charge < -0.3 is 8.98 Å². The Kier molecular flexibility index (Phi) is 7.16. The number of hydrogen-bond donors (Lipinski definition) is 0. The Balaban J connectivity index is 1.16. The second-order valence-corrected chi connectivity index (χ2v) is 14.8. The molecule has 58 heavy (non-hydrogen) atoms. The quantitative estimate of drug-likeness (QED) is 0.176. The van der Waals surface area contributed by atoms with Crippen LogP contribution in [0, 0.1) is 0 Å². The molecule has 0 aliphatic carbocycles. The van der Waals surface area contributed by atoms with E-state index in [4.69, 9.17) is 19.4 Å². The van der Waals surface area contributed by atoms with Gasteiger partial charge in [0.2, 0.25) is 0 Å². The van der Waals surface area contributed by atoms with E-state index in [0.717, 1.165) is 77.2 Å². The average molecular weight is 741 g/mol. The lowest BCUT2D eigenvalue weighted by atomic mass is 9.98. The van der Waals surface area contributed by atoms with Crippen LogP contribution in [-0.2, 0) is 0 Å². The van der Waals surface area contributed by atoms with E-state index in [1.54, 1.807) is 0 Å². The van der Waals surface area contributed by atoms with Gasteiger partial charge in [0.15, 0.2) is 17.5 Å². The average Bonchev–Trinajstić information content (AvgIpc) is 3.83. The van der Waals surface area contributed by atoms with E-state index < -0.39 is 0 Å². The largest absolute Gasteiger partial charge is 0.455 e. The van der Waals surface area contributed by atoms with Crippen LogP contribution in [0.25, 0.3) is 116 Å². The molecule has 5 heteroatoms. The second-order valence-electron chi connectivity index (χ2n) is 14.8. The van der Waals surface area contributed by atoms with Gasteiger partial charge in [-0.25, -0.2) is 15.0 Å². The van der Waals surface area contributed by atoms with Crippen LogP contribution in [0.5, 0.6) is 0 Å². The second kappa shape index (κ2) is 12.8. The molecule has 0 spiro atoms. The van der Waals surface area contributed by atoms with Crippen molar-refractivity contribution in [2.75, 3.05) is 0 Å². The molecular formula is C53H32N4O. The van der Waals surface area contributed by atoms with Gasteiger partial charge in [0.25, 0.3) is 0 Å². The summed E-state index contributed by atoms with van der Waals surface area (Å²) < 4.78 is 9.26. The lowest BCUT2D eigenvalue weighted by Crippen LogP contribution is -2.01. The summed E-state index contributed by atoms with van der Waals surface area (Å²) in [5, 5.41) is 8.91. The summed E-state index contributed by atoms with van der Waals surface area (Å²) in [5.41, 5.74) is 9.97. The standard InChI is InChI=1S/C53H32N4O/c1-3-14-33(15-4-1)34-26-28-36(29-27-34)52-54-51(35-16-5-2-6-17-35)55-53(56-52)42-23-13-22-41-47(32-44-40-21-10-12-25-48(40)58-50(44)49(41)42)57-45-24-11-9-20-39(45)43-30-37-18-7-8-19-38(37)31-46(43)57/h1-32H. The third kappa shape index (κ3) is 5.07. The predicted octanol–water partition coefficient (Wildman–Crippen LogP) is 13.8. The van der Waals surface area contributed by atoms with Crippen molar-refractivity contribution in [3.63, 3.8) is 0 Å². The lowest BCUT2D eigenvalue weighted by molar-refractivity contribution is 0.672. The monoisotopic (exact) mass is 740 g/mol. The number of hydrogen-bond acceptors (Lipinski definition) is 4. The van der Waals surface area contributed by atoms with E-state index in [2.05, 4.69) is 150 Å². The lowest BCUT2D eigenvalue weighted by Gasteiger charge is -2.15. The first-order valence-corrected chi connectivity index (χ1v) is 19.5.